The van der Waals surface area contributed by atoms with E-state index in [1.54, 1.807) is 12.1 Å². The summed E-state index contributed by atoms with van der Waals surface area (Å²) in [6.07, 6.45) is 0. The van der Waals surface area contributed by atoms with E-state index in [1.807, 2.05) is 24.8 Å². The number of esters is 1. The number of halogens is 2. The van der Waals surface area contributed by atoms with Crippen LogP contribution in [0.25, 0.3) is 0 Å². The van der Waals surface area contributed by atoms with Crippen molar-refractivity contribution in [3.05, 3.63) is 27.7 Å². The number of rotatable bonds is 7. The van der Waals surface area contributed by atoms with E-state index in [9.17, 15) is 4.79 Å². The number of methoxy groups -OCH3 is 1. The molecule has 0 heterocycles. The van der Waals surface area contributed by atoms with E-state index in [2.05, 4.69) is 20.7 Å². The molecule has 1 rings (SSSR count). The molecule has 0 unspecified atom stereocenters. The van der Waals surface area contributed by atoms with Crippen LogP contribution in [-0.2, 0) is 9.53 Å². The predicted octanol–water partition coefficient (Wildman–Crippen LogP) is 3.36. The first kappa shape index (κ1) is 17.3. The van der Waals surface area contributed by atoms with Gasteiger partial charge in [-0.2, -0.15) is 0 Å². The van der Waals surface area contributed by atoms with Crippen molar-refractivity contribution in [2.45, 2.75) is 19.9 Å². The molecule has 20 heavy (non-hydrogen) atoms. The molecular formula is C14H19BrClNO3. The summed E-state index contributed by atoms with van der Waals surface area (Å²) in [5, 5.41) is 0.652. The molecule has 0 aromatic heterocycles. The van der Waals surface area contributed by atoms with Crippen LogP contribution in [0, 0.1) is 0 Å². The molecule has 6 heteroatoms. The van der Waals surface area contributed by atoms with Crippen molar-refractivity contribution in [3.8, 4) is 5.75 Å². The maximum absolute atomic E-state index is 11.3. The van der Waals surface area contributed by atoms with E-state index in [4.69, 9.17) is 16.3 Å². The first-order valence-electron chi connectivity index (χ1n) is 6.32. The average molecular weight is 365 g/mol. The monoisotopic (exact) mass is 363 g/mol. The Balaban J connectivity index is 2.49. The Morgan fingerprint density at radius 2 is 2.15 bits per heavy atom. The van der Waals surface area contributed by atoms with Gasteiger partial charge in [-0.3, -0.25) is 9.69 Å². The Kier molecular flexibility index (Phi) is 7.34. The zero-order chi connectivity index (χ0) is 15.1. The summed E-state index contributed by atoms with van der Waals surface area (Å²) in [5.74, 6) is 0.488. The topological polar surface area (TPSA) is 38.8 Å². The van der Waals surface area contributed by atoms with Gasteiger partial charge in [0.1, 0.15) is 12.4 Å². The largest absolute Gasteiger partial charge is 0.491 e. The number of nitrogens with zero attached hydrogens (tertiary/aromatic N) is 1. The van der Waals surface area contributed by atoms with Crippen LogP contribution in [-0.4, -0.2) is 43.7 Å². The second-order valence-electron chi connectivity index (χ2n) is 4.56. The van der Waals surface area contributed by atoms with Crippen molar-refractivity contribution in [2.24, 2.45) is 0 Å². The fourth-order valence-electron chi connectivity index (χ4n) is 1.62. The molecule has 0 aliphatic rings. The summed E-state index contributed by atoms with van der Waals surface area (Å²) in [4.78, 5) is 13.3. The van der Waals surface area contributed by atoms with E-state index in [0.29, 0.717) is 18.2 Å². The zero-order valence-electron chi connectivity index (χ0n) is 11.9. The molecule has 4 nitrogen and oxygen atoms in total. The summed E-state index contributed by atoms with van der Waals surface area (Å²) in [6, 6.07) is 5.61. The Labute approximate surface area is 133 Å². The fraction of sp³-hybridized carbons (Fsp3) is 0.500. The minimum absolute atomic E-state index is 0.242. The van der Waals surface area contributed by atoms with E-state index < -0.39 is 0 Å². The van der Waals surface area contributed by atoms with Crippen LogP contribution in [0.15, 0.2) is 22.7 Å². The highest BCUT2D eigenvalue weighted by molar-refractivity contribution is 9.10. The van der Waals surface area contributed by atoms with E-state index in [1.165, 1.54) is 7.11 Å². The van der Waals surface area contributed by atoms with Gasteiger partial charge in [0.05, 0.1) is 18.1 Å². The highest BCUT2D eigenvalue weighted by Crippen LogP contribution is 2.27. The minimum atomic E-state index is -0.244. The Bertz CT molecular complexity index is 454. The van der Waals surface area contributed by atoms with Crippen molar-refractivity contribution < 1.29 is 14.3 Å². The van der Waals surface area contributed by atoms with Crippen LogP contribution in [0.2, 0.25) is 5.02 Å². The fourth-order valence-corrected chi connectivity index (χ4v) is 2.41. The van der Waals surface area contributed by atoms with Crippen LogP contribution in [0.5, 0.6) is 5.75 Å². The summed E-state index contributed by atoms with van der Waals surface area (Å²) >= 11 is 9.27. The molecule has 0 bridgehead atoms. The molecule has 0 fully saturated rings. The number of ether oxygens (including phenoxy) is 2. The van der Waals surface area contributed by atoms with Gasteiger partial charge in [0.15, 0.2) is 0 Å². The molecule has 1 aromatic carbocycles. The van der Waals surface area contributed by atoms with Gasteiger partial charge in [-0.1, -0.05) is 11.6 Å². The van der Waals surface area contributed by atoms with Crippen molar-refractivity contribution in [2.75, 3.05) is 26.8 Å². The maximum Gasteiger partial charge on any atom is 0.319 e. The molecule has 0 saturated heterocycles. The molecule has 1 aromatic rings. The lowest BCUT2D eigenvalue weighted by atomic mass is 10.3. The maximum atomic E-state index is 11.3. The van der Waals surface area contributed by atoms with Gasteiger partial charge in [0, 0.05) is 17.6 Å². The highest BCUT2D eigenvalue weighted by atomic mass is 79.9. The van der Waals surface area contributed by atoms with Gasteiger partial charge in [0.2, 0.25) is 0 Å². The predicted molar refractivity (Wildman–Crippen MR) is 83.4 cm³/mol. The molecule has 112 valence electrons. The van der Waals surface area contributed by atoms with Gasteiger partial charge in [-0.05, 0) is 48.0 Å². The molecule has 0 atom stereocenters. The Morgan fingerprint density at radius 1 is 1.45 bits per heavy atom. The summed E-state index contributed by atoms with van der Waals surface area (Å²) in [7, 11) is 1.39. The van der Waals surface area contributed by atoms with Gasteiger partial charge in [-0.25, -0.2) is 0 Å². The van der Waals surface area contributed by atoms with Crippen LogP contribution < -0.4 is 4.74 Å². The molecule has 0 radical (unpaired) electrons. The quantitative estimate of drug-likeness (QED) is 0.695. The first-order chi connectivity index (χ1) is 9.43. The van der Waals surface area contributed by atoms with E-state index in [0.717, 1.165) is 10.2 Å². The van der Waals surface area contributed by atoms with Crippen molar-refractivity contribution in [1.29, 1.82) is 0 Å². The van der Waals surface area contributed by atoms with Crippen molar-refractivity contribution >= 4 is 33.5 Å². The molecular weight excluding hydrogens is 346 g/mol. The molecule has 0 saturated carbocycles. The van der Waals surface area contributed by atoms with Crippen LogP contribution >= 0.6 is 27.5 Å². The van der Waals surface area contributed by atoms with Gasteiger partial charge >= 0.3 is 5.97 Å². The van der Waals surface area contributed by atoms with Gasteiger partial charge < -0.3 is 9.47 Å². The number of hydrogen-bond acceptors (Lipinski definition) is 4. The smallest absolute Gasteiger partial charge is 0.319 e. The molecule has 0 aliphatic heterocycles. The van der Waals surface area contributed by atoms with Crippen LogP contribution in [0.3, 0.4) is 0 Å². The highest BCUT2D eigenvalue weighted by Gasteiger charge is 2.14. The molecule has 0 aliphatic carbocycles. The second kappa shape index (κ2) is 8.49. The third-order valence-electron chi connectivity index (χ3n) is 2.82. The van der Waals surface area contributed by atoms with E-state index >= 15 is 0 Å². The number of benzene rings is 1. The Hall–Kier alpha value is -0.780. The van der Waals surface area contributed by atoms with Gasteiger partial charge in [0.25, 0.3) is 0 Å². The number of carbonyl (C=O) groups excluding carboxylic acids is 1. The van der Waals surface area contributed by atoms with Crippen LogP contribution in [0.4, 0.5) is 0 Å². The van der Waals surface area contributed by atoms with Crippen LogP contribution in [0.1, 0.15) is 13.8 Å². The SMILES string of the molecule is COC(=O)CN(CCOc1ccc(Cl)cc1Br)C(C)C. The zero-order valence-corrected chi connectivity index (χ0v) is 14.2. The average Bonchev–Trinajstić information content (AvgIpc) is 2.39. The lowest BCUT2D eigenvalue weighted by Gasteiger charge is -2.25. The summed E-state index contributed by atoms with van der Waals surface area (Å²) in [6.45, 7) is 5.44. The normalized spacial score (nSPS) is 10.9. The second-order valence-corrected chi connectivity index (χ2v) is 5.85. The minimum Gasteiger partial charge on any atom is -0.491 e. The summed E-state index contributed by atoms with van der Waals surface area (Å²) in [5.41, 5.74) is 0. The lowest BCUT2D eigenvalue weighted by Crippen LogP contribution is -2.39. The van der Waals surface area contributed by atoms with Crippen molar-refractivity contribution in [1.82, 2.24) is 4.90 Å². The third-order valence-corrected chi connectivity index (χ3v) is 3.67. The van der Waals surface area contributed by atoms with Gasteiger partial charge in [-0.15, -0.1) is 0 Å². The Morgan fingerprint density at radius 3 is 2.70 bits per heavy atom. The van der Waals surface area contributed by atoms with E-state index in [-0.39, 0.29) is 18.6 Å². The third kappa shape index (κ3) is 5.69. The number of hydrogen-bond donors (Lipinski definition) is 0. The molecule has 0 N–H and O–H groups in total. The van der Waals surface area contributed by atoms with Crippen molar-refractivity contribution in [3.63, 3.8) is 0 Å². The summed E-state index contributed by atoms with van der Waals surface area (Å²) < 4.78 is 11.2. The lowest BCUT2D eigenvalue weighted by molar-refractivity contribution is -0.142. The standard InChI is InChI=1S/C14H19BrClNO3/c1-10(2)17(9-14(18)19-3)6-7-20-13-5-4-11(16)8-12(13)15/h4-5,8,10H,6-7,9H2,1-3H3. The number of carbonyl (C=O) groups is 1. The first-order valence-corrected chi connectivity index (χ1v) is 7.50. The molecule has 0 amide bonds. The molecule has 0 spiro atoms.